The van der Waals surface area contributed by atoms with Crippen molar-refractivity contribution < 1.29 is 26.0 Å². The molecule has 10 nitrogen and oxygen atoms in total. The fraction of sp³-hybridized carbons (Fsp3) is 0.211. The van der Waals surface area contributed by atoms with Crippen molar-refractivity contribution in [3.63, 3.8) is 0 Å². The average molecular weight is 713 g/mol. The largest absolute Gasteiger partial charge is 0.359 e. The summed E-state index contributed by atoms with van der Waals surface area (Å²) in [5.74, 6) is 1.48. The van der Waals surface area contributed by atoms with Crippen LogP contribution in [0.5, 0.6) is 0 Å². The van der Waals surface area contributed by atoms with Crippen molar-refractivity contribution in [1.82, 2.24) is 10.3 Å². The molecule has 2 heterocycles. The molecule has 0 aliphatic rings. The minimum atomic E-state index is -1.66. The van der Waals surface area contributed by atoms with E-state index in [1.807, 2.05) is 58.9 Å². The molecule has 6 rings (SSSR count). The van der Waals surface area contributed by atoms with E-state index in [4.69, 9.17) is 17.6 Å². The second-order valence-corrected chi connectivity index (χ2v) is 14.2. The van der Waals surface area contributed by atoms with Crippen molar-refractivity contribution in [3.05, 3.63) is 130 Å². The van der Waals surface area contributed by atoms with E-state index >= 15 is 0 Å². The van der Waals surface area contributed by atoms with Crippen LogP contribution >= 0.6 is 0 Å². The maximum atomic E-state index is 12.3. The van der Waals surface area contributed by atoms with Gasteiger partial charge in [-0.05, 0) is 113 Å². The van der Waals surface area contributed by atoms with E-state index in [0.717, 1.165) is 50.2 Å². The zero-order valence-electron chi connectivity index (χ0n) is 29.2. The van der Waals surface area contributed by atoms with Gasteiger partial charge in [0.05, 0.1) is 15.5 Å². The fourth-order valence-electron chi connectivity index (χ4n) is 4.87. The smallest absolute Gasteiger partial charge is 0.252 e. The third-order valence-corrected chi connectivity index (χ3v) is 9.99. The molecule has 2 atom stereocenters. The lowest BCUT2D eigenvalue weighted by Gasteiger charge is -2.09. The van der Waals surface area contributed by atoms with Gasteiger partial charge < -0.3 is 9.05 Å². The molecule has 0 radical (unpaired) electrons. The Morgan fingerprint density at radius 3 is 1.44 bits per heavy atom. The van der Waals surface area contributed by atoms with Gasteiger partial charge in [-0.1, -0.05) is 82.1 Å². The van der Waals surface area contributed by atoms with Crippen LogP contribution in [-0.2, 0) is 30.7 Å². The molecule has 0 spiro atoms. The third kappa shape index (κ3) is 8.82. The van der Waals surface area contributed by atoms with Crippen molar-refractivity contribution in [2.24, 2.45) is 0 Å². The van der Waals surface area contributed by atoms with Crippen molar-refractivity contribution >= 4 is 33.9 Å². The Balaban J connectivity index is 0.000000194. The van der Waals surface area contributed by atoms with Crippen molar-refractivity contribution in [2.75, 3.05) is 11.0 Å². The first-order chi connectivity index (χ1) is 23.9. The van der Waals surface area contributed by atoms with E-state index in [1.54, 1.807) is 19.1 Å². The van der Waals surface area contributed by atoms with Crippen LogP contribution < -0.4 is 11.0 Å². The molecule has 2 unspecified atom stereocenters. The number of nitrogens with zero attached hydrogens (tertiary/aromatic N) is 2. The number of hydrogen-bond donors (Lipinski definition) is 2. The number of aromatic nitrogens is 2. The molecule has 50 heavy (non-hydrogen) atoms. The van der Waals surface area contributed by atoms with Crippen LogP contribution in [0.4, 0.5) is 11.7 Å². The van der Waals surface area contributed by atoms with E-state index < -0.39 is 22.2 Å². The summed E-state index contributed by atoms with van der Waals surface area (Å²) in [7, 11) is 0. The van der Waals surface area contributed by atoms with Gasteiger partial charge in [-0.2, -0.15) is 8.57 Å². The maximum Gasteiger partial charge on any atom is 0.252 e. The Bertz CT molecular complexity index is 1990. The summed E-state index contributed by atoms with van der Waals surface area (Å²) < 4.78 is 45.2. The zero-order chi connectivity index (χ0) is 35.9. The minimum absolute atomic E-state index is 0.360. The van der Waals surface area contributed by atoms with Gasteiger partial charge >= 0.3 is 0 Å². The van der Waals surface area contributed by atoms with Gasteiger partial charge in [-0.15, -0.1) is 0 Å². The number of rotatable bonds is 10. The monoisotopic (exact) mass is 712 g/mol. The topological polar surface area (TPSA) is 129 Å². The van der Waals surface area contributed by atoms with Crippen LogP contribution in [0.15, 0.2) is 104 Å². The standard InChI is InChI=1S/2C19H20N2O3S/c1-12-5-7-16(8-6-12)18-10-9-17(11-13(18)2)25(22)24-21-19-14(3)15(4)23-20-19;1-12-5-7-16(8-6-12)18-10-9-17(11-13(18)2)25(22)24-21-19-14(3)15(4)20-23-19/h5-11H,1-4H3,(H,20,21);5-11,21H,1-4H3. The third-order valence-electron chi connectivity index (χ3n) is 8.24. The predicted octanol–water partition coefficient (Wildman–Crippen LogP) is 9.28. The molecule has 0 saturated heterocycles. The number of benzene rings is 4. The van der Waals surface area contributed by atoms with Gasteiger partial charge in [-0.25, -0.2) is 19.4 Å². The highest BCUT2D eigenvalue weighted by Crippen LogP contribution is 2.28. The van der Waals surface area contributed by atoms with E-state index in [1.165, 1.54) is 11.1 Å². The average Bonchev–Trinajstić information content (AvgIpc) is 3.61. The van der Waals surface area contributed by atoms with Crippen LogP contribution in [-0.4, -0.2) is 18.7 Å². The lowest BCUT2D eigenvalue weighted by molar-refractivity contribution is 0.366. The van der Waals surface area contributed by atoms with E-state index in [2.05, 4.69) is 83.7 Å². The van der Waals surface area contributed by atoms with Crippen LogP contribution in [0.2, 0.25) is 0 Å². The summed E-state index contributed by atoms with van der Waals surface area (Å²) in [6, 6.07) is 27.9. The zero-order valence-corrected chi connectivity index (χ0v) is 30.9. The Kier molecular flexibility index (Phi) is 11.8. The maximum absolute atomic E-state index is 12.3. The Hall–Kier alpha value is -4.88. The predicted molar refractivity (Wildman–Crippen MR) is 197 cm³/mol. The van der Waals surface area contributed by atoms with E-state index in [9.17, 15) is 8.42 Å². The van der Waals surface area contributed by atoms with Crippen LogP contribution in [0, 0.1) is 55.4 Å². The minimum Gasteiger partial charge on any atom is -0.359 e. The Morgan fingerprint density at radius 1 is 0.560 bits per heavy atom. The number of hydrogen-bond acceptors (Lipinski definition) is 10. The SMILES string of the molecule is Cc1ccc(-c2ccc(S(=O)ONc3noc(C)c3C)cc2C)cc1.Cc1ccc(-c2ccc(S(=O)ONc3onc(C)c3C)cc2C)cc1. The highest BCUT2D eigenvalue weighted by molar-refractivity contribution is 7.80. The molecule has 2 N–H and O–H groups in total. The molecule has 0 aliphatic heterocycles. The first-order valence-electron chi connectivity index (χ1n) is 15.8. The molecule has 2 aromatic heterocycles. The summed E-state index contributed by atoms with van der Waals surface area (Å²) in [4.78, 5) is 1.16. The van der Waals surface area contributed by atoms with Gasteiger partial charge in [0.1, 0.15) is 5.76 Å². The molecule has 260 valence electrons. The van der Waals surface area contributed by atoms with Crippen molar-refractivity contribution in [2.45, 2.75) is 65.2 Å². The molecule has 0 saturated carbocycles. The lowest BCUT2D eigenvalue weighted by Crippen LogP contribution is -2.06. The number of aryl methyl sites for hydroxylation is 6. The van der Waals surface area contributed by atoms with E-state index in [-0.39, 0.29) is 0 Å². The molecule has 4 aromatic carbocycles. The summed E-state index contributed by atoms with van der Waals surface area (Å²) in [6.07, 6.45) is 0. The molecule has 6 aromatic rings. The molecule has 0 aliphatic carbocycles. The Labute approximate surface area is 297 Å². The highest BCUT2D eigenvalue weighted by Gasteiger charge is 2.14. The first kappa shape index (κ1) is 36.4. The summed E-state index contributed by atoms with van der Waals surface area (Å²) in [5, 5.41) is 7.63. The van der Waals surface area contributed by atoms with Crippen molar-refractivity contribution in [3.8, 4) is 22.3 Å². The second kappa shape index (κ2) is 16.2. The first-order valence-corrected chi connectivity index (χ1v) is 18.0. The van der Waals surface area contributed by atoms with Gasteiger partial charge in [0.2, 0.25) is 22.2 Å². The number of nitrogens with one attached hydrogen (secondary N) is 2. The van der Waals surface area contributed by atoms with E-state index in [0.29, 0.717) is 27.3 Å². The van der Waals surface area contributed by atoms with Crippen molar-refractivity contribution in [1.29, 1.82) is 0 Å². The van der Waals surface area contributed by atoms with Gasteiger partial charge in [0, 0.05) is 11.1 Å². The quantitative estimate of drug-likeness (QED) is 0.133. The van der Waals surface area contributed by atoms with Gasteiger partial charge in [0.15, 0.2) is 5.82 Å². The molecule has 0 fully saturated rings. The lowest BCUT2D eigenvalue weighted by atomic mass is 10.00. The highest BCUT2D eigenvalue weighted by atomic mass is 32.2. The summed E-state index contributed by atoms with van der Waals surface area (Å²) >= 11 is -3.31. The van der Waals surface area contributed by atoms with Crippen LogP contribution in [0.3, 0.4) is 0 Å². The second-order valence-electron chi connectivity index (χ2n) is 12.0. The molecular weight excluding hydrogens is 673 g/mol. The molecule has 0 bridgehead atoms. The molecular formula is C38H40N4O6S2. The normalized spacial score (nSPS) is 12.2. The van der Waals surface area contributed by atoms with Crippen LogP contribution in [0.25, 0.3) is 22.3 Å². The van der Waals surface area contributed by atoms with Gasteiger partial charge in [0.25, 0.3) is 5.88 Å². The summed E-state index contributed by atoms with van der Waals surface area (Å²) in [6.45, 7) is 15.4. The fourth-order valence-corrected chi connectivity index (χ4v) is 6.27. The number of anilines is 2. The van der Waals surface area contributed by atoms with Crippen LogP contribution in [0.1, 0.15) is 44.8 Å². The molecule has 12 heteroatoms. The van der Waals surface area contributed by atoms with Gasteiger partial charge in [-0.3, -0.25) is 0 Å². The molecule has 0 amide bonds. The Morgan fingerprint density at radius 2 is 1.04 bits per heavy atom. The summed E-state index contributed by atoms with van der Waals surface area (Å²) in [5.41, 5.74) is 16.6.